The number of benzene rings is 2. The maximum Gasteiger partial charge on any atom is 0.123 e. The second-order valence-corrected chi connectivity index (χ2v) is 8.52. The van der Waals surface area contributed by atoms with Crippen LogP contribution in [0.25, 0.3) is 22.5 Å². The zero-order chi connectivity index (χ0) is 22.8. The van der Waals surface area contributed by atoms with Gasteiger partial charge in [0.05, 0.1) is 42.8 Å². The lowest BCUT2D eigenvalue weighted by atomic mass is 10.0. The molecule has 1 unspecified atom stereocenters. The number of methoxy groups -OCH3 is 1. The summed E-state index contributed by atoms with van der Waals surface area (Å²) in [6.45, 7) is 1.10. The van der Waals surface area contributed by atoms with Crippen molar-refractivity contribution in [2.45, 2.75) is 30.5 Å². The average Bonchev–Trinajstić information content (AvgIpc) is 3.40. The fraction of sp³-hybridized carbons (Fsp3) is 0.231. The third-order valence-corrected chi connectivity index (χ3v) is 6.17. The van der Waals surface area contributed by atoms with Gasteiger partial charge < -0.3 is 14.0 Å². The molecule has 1 aliphatic rings. The van der Waals surface area contributed by atoms with Crippen LogP contribution in [0.2, 0.25) is 0 Å². The topological polar surface area (TPSA) is 49.2 Å². The van der Waals surface area contributed by atoms with E-state index in [1.54, 1.807) is 25.4 Å². The highest BCUT2D eigenvalue weighted by atomic mass is 32.1. The van der Waals surface area contributed by atoms with Gasteiger partial charge >= 0.3 is 0 Å². The Labute approximate surface area is 197 Å². The van der Waals surface area contributed by atoms with Gasteiger partial charge in [-0.2, -0.15) is 0 Å². The predicted octanol–water partition coefficient (Wildman–Crippen LogP) is 5.75. The number of hydrogen-bond donors (Lipinski definition) is 1. The molecule has 0 N–H and O–H groups in total. The minimum Gasteiger partial charge on any atom is -0.497 e. The monoisotopic (exact) mass is 461 g/mol. The molecule has 0 saturated heterocycles. The van der Waals surface area contributed by atoms with Gasteiger partial charge in [-0.25, -0.2) is 9.37 Å². The third-order valence-electron chi connectivity index (χ3n) is 5.93. The molecule has 1 atom stereocenters. The molecule has 168 valence electrons. The van der Waals surface area contributed by atoms with Gasteiger partial charge in [0, 0.05) is 23.7 Å². The van der Waals surface area contributed by atoms with Crippen LogP contribution in [0.4, 0.5) is 4.39 Å². The number of halogens is 1. The number of imidazole rings is 1. The largest absolute Gasteiger partial charge is 0.497 e. The van der Waals surface area contributed by atoms with Crippen molar-refractivity contribution in [3.63, 3.8) is 0 Å². The second-order valence-electron chi connectivity index (χ2n) is 8.06. The number of nitrogens with zero attached hydrogens (tertiary/aromatic N) is 3. The van der Waals surface area contributed by atoms with Crippen molar-refractivity contribution in [1.82, 2.24) is 14.5 Å². The zero-order valence-electron chi connectivity index (χ0n) is 18.2. The van der Waals surface area contributed by atoms with Gasteiger partial charge in [0.25, 0.3) is 0 Å². The minimum absolute atomic E-state index is 0.159. The number of aryl methyl sites for hydroxylation is 1. The third kappa shape index (κ3) is 4.51. The standard InChI is InChI=1S/C26H24FN3O2S/c1-31-22-9-2-17(3-10-22)15-32-16-21-8-11-23-29-25(18-4-6-20(27)7-5-18)26(30(21)23)19-12-13-28-24(33)14-19/h2-7,9-10,12-14,21H,8,11,15-16H2,1H3,(H,28,33). The SMILES string of the molecule is COc1ccc(COCC2CCc3nc(-c4ccc(F)cc4)c(-c4ccnc(S)c4)n32)cc1. The van der Waals surface area contributed by atoms with Gasteiger partial charge in [0.1, 0.15) is 17.4 Å². The van der Waals surface area contributed by atoms with Crippen molar-refractivity contribution in [2.75, 3.05) is 13.7 Å². The fourth-order valence-corrected chi connectivity index (χ4v) is 4.52. The van der Waals surface area contributed by atoms with Crippen LogP contribution in [-0.2, 0) is 17.8 Å². The predicted molar refractivity (Wildman–Crippen MR) is 128 cm³/mol. The molecule has 33 heavy (non-hydrogen) atoms. The lowest BCUT2D eigenvalue weighted by Crippen LogP contribution is -2.13. The average molecular weight is 462 g/mol. The summed E-state index contributed by atoms with van der Waals surface area (Å²) in [5.74, 6) is 1.58. The molecule has 0 spiro atoms. The van der Waals surface area contributed by atoms with Crippen molar-refractivity contribution in [3.05, 3.63) is 84.1 Å². The lowest BCUT2D eigenvalue weighted by Gasteiger charge is -2.18. The van der Waals surface area contributed by atoms with Gasteiger partial charge in [0.15, 0.2) is 0 Å². The van der Waals surface area contributed by atoms with Crippen LogP contribution < -0.4 is 4.74 Å². The molecule has 2 aromatic heterocycles. The highest BCUT2D eigenvalue weighted by Crippen LogP contribution is 2.40. The summed E-state index contributed by atoms with van der Waals surface area (Å²) in [7, 11) is 1.66. The first kappa shape index (κ1) is 21.7. The van der Waals surface area contributed by atoms with Crippen LogP contribution >= 0.6 is 12.6 Å². The summed E-state index contributed by atoms with van der Waals surface area (Å²) in [6, 6.07) is 18.4. The van der Waals surface area contributed by atoms with E-state index in [0.29, 0.717) is 18.2 Å². The number of thiol groups is 1. The van der Waals surface area contributed by atoms with Crippen LogP contribution in [0.1, 0.15) is 23.9 Å². The number of fused-ring (bicyclic) bond motifs is 1. The molecular formula is C26H24FN3O2S. The molecule has 2 aromatic carbocycles. The summed E-state index contributed by atoms with van der Waals surface area (Å²) in [5.41, 5.74) is 4.79. The maximum absolute atomic E-state index is 13.6. The van der Waals surface area contributed by atoms with E-state index in [9.17, 15) is 4.39 Å². The second kappa shape index (κ2) is 9.37. The van der Waals surface area contributed by atoms with Gasteiger partial charge in [0.2, 0.25) is 0 Å². The summed E-state index contributed by atoms with van der Waals surface area (Å²) >= 11 is 4.43. The highest BCUT2D eigenvalue weighted by Gasteiger charge is 2.30. The number of aromatic nitrogens is 3. The van der Waals surface area contributed by atoms with Crippen molar-refractivity contribution in [1.29, 1.82) is 0 Å². The van der Waals surface area contributed by atoms with Crippen LogP contribution in [-0.4, -0.2) is 28.3 Å². The molecule has 0 fully saturated rings. The van der Waals surface area contributed by atoms with E-state index in [1.807, 2.05) is 36.4 Å². The van der Waals surface area contributed by atoms with E-state index in [0.717, 1.165) is 52.5 Å². The molecule has 0 saturated carbocycles. The molecule has 0 aliphatic carbocycles. The highest BCUT2D eigenvalue weighted by molar-refractivity contribution is 7.80. The van der Waals surface area contributed by atoms with Crippen LogP contribution in [0, 0.1) is 5.82 Å². The first-order chi connectivity index (χ1) is 16.1. The molecule has 5 nitrogen and oxygen atoms in total. The van der Waals surface area contributed by atoms with Crippen LogP contribution in [0.3, 0.4) is 0 Å². The Kier molecular flexibility index (Phi) is 6.15. The van der Waals surface area contributed by atoms with E-state index >= 15 is 0 Å². The minimum atomic E-state index is -0.265. The Balaban J connectivity index is 1.45. The zero-order valence-corrected chi connectivity index (χ0v) is 19.1. The Hall–Kier alpha value is -3.16. The van der Waals surface area contributed by atoms with Crippen molar-refractivity contribution >= 4 is 12.6 Å². The number of ether oxygens (including phenoxy) is 2. The smallest absolute Gasteiger partial charge is 0.123 e. The quantitative estimate of drug-likeness (QED) is 0.356. The Morgan fingerprint density at radius 2 is 1.85 bits per heavy atom. The Morgan fingerprint density at radius 3 is 2.58 bits per heavy atom. The molecule has 5 rings (SSSR count). The van der Waals surface area contributed by atoms with Gasteiger partial charge in [-0.15, -0.1) is 12.6 Å². The lowest BCUT2D eigenvalue weighted by molar-refractivity contribution is 0.0925. The Bertz CT molecular complexity index is 1260. The fourth-order valence-electron chi connectivity index (χ4n) is 4.32. The molecule has 3 heterocycles. The summed E-state index contributed by atoms with van der Waals surface area (Å²) < 4.78 is 27.2. The van der Waals surface area contributed by atoms with E-state index in [-0.39, 0.29) is 11.9 Å². The molecule has 0 bridgehead atoms. The summed E-state index contributed by atoms with van der Waals surface area (Å²) in [6.07, 6.45) is 3.57. The first-order valence-electron chi connectivity index (χ1n) is 10.9. The summed E-state index contributed by atoms with van der Waals surface area (Å²) in [4.78, 5) is 9.18. The molecule has 4 aromatic rings. The van der Waals surface area contributed by atoms with Gasteiger partial charge in [-0.3, -0.25) is 4.98 Å². The van der Waals surface area contributed by atoms with Gasteiger partial charge in [-0.05, 0) is 60.5 Å². The van der Waals surface area contributed by atoms with E-state index < -0.39 is 0 Å². The number of hydrogen-bond acceptors (Lipinski definition) is 5. The van der Waals surface area contributed by atoms with E-state index in [1.165, 1.54) is 12.1 Å². The number of rotatable bonds is 7. The molecule has 1 aliphatic heterocycles. The van der Waals surface area contributed by atoms with E-state index in [2.05, 4.69) is 22.2 Å². The van der Waals surface area contributed by atoms with Crippen LogP contribution in [0.5, 0.6) is 5.75 Å². The Morgan fingerprint density at radius 1 is 1.06 bits per heavy atom. The van der Waals surface area contributed by atoms with E-state index in [4.69, 9.17) is 14.5 Å². The molecule has 0 radical (unpaired) electrons. The van der Waals surface area contributed by atoms with Crippen molar-refractivity contribution in [3.8, 4) is 28.3 Å². The first-order valence-corrected chi connectivity index (χ1v) is 11.3. The van der Waals surface area contributed by atoms with Crippen molar-refractivity contribution in [2.24, 2.45) is 0 Å². The van der Waals surface area contributed by atoms with Gasteiger partial charge in [-0.1, -0.05) is 12.1 Å². The molecule has 7 heteroatoms. The number of pyridine rings is 1. The summed E-state index contributed by atoms with van der Waals surface area (Å²) in [5, 5.41) is 0.637. The van der Waals surface area contributed by atoms with Crippen LogP contribution in [0.15, 0.2) is 71.9 Å². The molecular weight excluding hydrogens is 437 g/mol. The maximum atomic E-state index is 13.6. The normalized spacial score (nSPS) is 14.9. The van der Waals surface area contributed by atoms with Crippen molar-refractivity contribution < 1.29 is 13.9 Å². The molecule has 0 amide bonds.